The third-order valence-corrected chi connectivity index (χ3v) is 3.83. The van der Waals surface area contributed by atoms with E-state index >= 15 is 0 Å². The fourth-order valence-corrected chi connectivity index (χ4v) is 3.17. The molecule has 1 atom stereocenters. The summed E-state index contributed by atoms with van der Waals surface area (Å²) < 4.78 is 0. The number of aliphatic hydroxyl groups is 1. The second-order valence-electron chi connectivity index (χ2n) is 4.81. The van der Waals surface area contributed by atoms with Crippen molar-refractivity contribution in [3.8, 4) is 0 Å². The van der Waals surface area contributed by atoms with E-state index in [4.69, 9.17) is 0 Å². The van der Waals surface area contributed by atoms with Crippen molar-refractivity contribution in [3.05, 3.63) is 0 Å². The summed E-state index contributed by atoms with van der Waals surface area (Å²) in [6.07, 6.45) is 11.9. The quantitative estimate of drug-likeness (QED) is 0.589. The van der Waals surface area contributed by atoms with E-state index in [9.17, 15) is 5.11 Å². The predicted octanol–water partition coefficient (Wildman–Crippen LogP) is 2.87. The maximum Gasteiger partial charge on any atom is 0.0545 e. The first-order valence-electron chi connectivity index (χ1n) is 5.49. The monoisotopic (exact) mass is 168 g/mol. The summed E-state index contributed by atoms with van der Waals surface area (Å²) in [6.45, 7) is 0. The molecule has 0 heterocycles. The molecule has 1 spiro atoms. The van der Waals surface area contributed by atoms with Crippen LogP contribution in [0, 0.1) is 5.41 Å². The van der Waals surface area contributed by atoms with Gasteiger partial charge in [-0.25, -0.2) is 0 Å². The molecule has 0 aromatic carbocycles. The average molecular weight is 168 g/mol. The molecule has 1 heteroatoms. The van der Waals surface area contributed by atoms with E-state index in [1.54, 1.807) is 0 Å². The molecule has 0 aromatic rings. The Morgan fingerprint density at radius 3 is 2.25 bits per heavy atom. The first kappa shape index (κ1) is 8.55. The molecule has 1 nitrogen and oxygen atoms in total. The van der Waals surface area contributed by atoms with Crippen molar-refractivity contribution >= 4 is 0 Å². The van der Waals surface area contributed by atoms with Gasteiger partial charge in [-0.15, -0.1) is 0 Å². The highest BCUT2D eigenvalue weighted by molar-refractivity contribution is 4.88. The Morgan fingerprint density at radius 1 is 0.917 bits per heavy atom. The molecule has 1 unspecified atom stereocenters. The van der Waals surface area contributed by atoms with E-state index in [0.29, 0.717) is 5.41 Å². The van der Waals surface area contributed by atoms with Crippen LogP contribution < -0.4 is 0 Å². The van der Waals surface area contributed by atoms with Gasteiger partial charge in [-0.3, -0.25) is 0 Å². The summed E-state index contributed by atoms with van der Waals surface area (Å²) in [7, 11) is 0. The van der Waals surface area contributed by atoms with Gasteiger partial charge in [0.1, 0.15) is 0 Å². The number of aliphatic hydroxyl groups excluding tert-OH is 1. The lowest BCUT2D eigenvalue weighted by Crippen LogP contribution is -2.33. The third-order valence-electron chi connectivity index (χ3n) is 3.83. The smallest absolute Gasteiger partial charge is 0.0545 e. The van der Waals surface area contributed by atoms with Crippen LogP contribution in [0.25, 0.3) is 0 Å². The lowest BCUT2D eigenvalue weighted by atomic mass is 9.65. The van der Waals surface area contributed by atoms with Gasteiger partial charge in [-0.1, -0.05) is 25.7 Å². The summed E-state index contributed by atoms with van der Waals surface area (Å²) in [6, 6.07) is 0. The summed E-state index contributed by atoms with van der Waals surface area (Å²) in [5.41, 5.74) is 0.579. The highest BCUT2D eigenvalue weighted by atomic mass is 16.3. The lowest BCUT2D eigenvalue weighted by molar-refractivity contribution is 0.0232. The standard InChI is InChI=1S/C11H20O/c12-10-5-4-8-11(9-10)6-2-1-3-7-11/h10,12H,1-9H2. The molecule has 0 saturated heterocycles. The Kier molecular flexibility index (Phi) is 2.40. The Morgan fingerprint density at radius 2 is 1.58 bits per heavy atom. The minimum Gasteiger partial charge on any atom is -0.393 e. The largest absolute Gasteiger partial charge is 0.393 e. The van der Waals surface area contributed by atoms with Crippen molar-refractivity contribution in [1.82, 2.24) is 0 Å². The molecular weight excluding hydrogens is 148 g/mol. The third kappa shape index (κ3) is 1.66. The molecule has 0 bridgehead atoms. The predicted molar refractivity (Wildman–Crippen MR) is 50.0 cm³/mol. The lowest BCUT2D eigenvalue weighted by Gasteiger charge is -2.42. The molecule has 0 radical (unpaired) electrons. The van der Waals surface area contributed by atoms with Gasteiger partial charge in [0.05, 0.1) is 6.10 Å². The van der Waals surface area contributed by atoms with Gasteiger partial charge in [-0.05, 0) is 37.5 Å². The van der Waals surface area contributed by atoms with E-state index in [1.165, 1.54) is 44.9 Å². The van der Waals surface area contributed by atoms with Crippen LogP contribution in [0.1, 0.15) is 57.8 Å². The molecule has 2 saturated carbocycles. The SMILES string of the molecule is OC1CCCC2(CCCCC2)C1. The Hall–Kier alpha value is -0.0400. The van der Waals surface area contributed by atoms with Gasteiger partial charge >= 0.3 is 0 Å². The molecule has 0 aromatic heterocycles. The topological polar surface area (TPSA) is 20.2 Å². The maximum atomic E-state index is 9.63. The molecule has 12 heavy (non-hydrogen) atoms. The zero-order valence-corrected chi connectivity index (χ0v) is 7.89. The van der Waals surface area contributed by atoms with E-state index in [-0.39, 0.29) is 6.10 Å². The van der Waals surface area contributed by atoms with Crippen LogP contribution >= 0.6 is 0 Å². The van der Waals surface area contributed by atoms with Crippen molar-refractivity contribution < 1.29 is 5.11 Å². The van der Waals surface area contributed by atoms with E-state index in [2.05, 4.69) is 0 Å². The van der Waals surface area contributed by atoms with Gasteiger partial charge in [-0.2, -0.15) is 0 Å². The van der Waals surface area contributed by atoms with Gasteiger partial charge in [0.2, 0.25) is 0 Å². The Bertz CT molecular complexity index is 142. The van der Waals surface area contributed by atoms with Crippen LogP contribution in [-0.2, 0) is 0 Å². The summed E-state index contributed by atoms with van der Waals surface area (Å²) in [4.78, 5) is 0. The van der Waals surface area contributed by atoms with Gasteiger partial charge < -0.3 is 5.11 Å². The normalized spacial score (nSPS) is 35.2. The van der Waals surface area contributed by atoms with E-state index < -0.39 is 0 Å². The van der Waals surface area contributed by atoms with Crippen LogP contribution in [-0.4, -0.2) is 11.2 Å². The molecule has 1 N–H and O–H groups in total. The van der Waals surface area contributed by atoms with E-state index in [0.717, 1.165) is 12.8 Å². The molecule has 70 valence electrons. The van der Waals surface area contributed by atoms with Gasteiger partial charge in [0.15, 0.2) is 0 Å². The minimum absolute atomic E-state index is 0.0249. The van der Waals surface area contributed by atoms with Gasteiger partial charge in [0, 0.05) is 0 Å². The second kappa shape index (κ2) is 3.37. The highest BCUT2D eigenvalue weighted by Crippen LogP contribution is 2.47. The van der Waals surface area contributed by atoms with Crippen molar-refractivity contribution in [2.75, 3.05) is 0 Å². The highest BCUT2D eigenvalue weighted by Gasteiger charge is 2.36. The van der Waals surface area contributed by atoms with Crippen molar-refractivity contribution in [3.63, 3.8) is 0 Å². The number of rotatable bonds is 0. The van der Waals surface area contributed by atoms with Gasteiger partial charge in [0.25, 0.3) is 0 Å². The molecule has 0 amide bonds. The second-order valence-corrected chi connectivity index (χ2v) is 4.81. The Balaban J connectivity index is 1.97. The van der Waals surface area contributed by atoms with Crippen LogP contribution in [0.4, 0.5) is 0 Å². The van der Waals surface area contributed by atoms with Crippen molar-refractivity contribution in [2.24, 2.45) is 5.41 Å². The molecule has 2 fully saturated rings. The molecule has 0 aliphatic heterocycles. The number of hydrogen-bond acceptors (Lipinski definition) is 1. The van der Waals surface area contributed by atoms with Crippen LogP contribution in [0.15, 0.2) is 0 Å². The molecule has 2 aliphatic carbocycles. The van der Waals surface area contributed by atoms with Crippen LogP contribution in [0.5, 0.6) is 0 Å². The maximum absolute atomic E-state index is 9.63. The Labute approximate surface area is 75.2 Å². The van der Waals surface area contributed by atoms with Crippen molar-refractivity contribution in [2.45, 2.75) is 63.9 Å². The summed E-state index contributed by atoms with van der Waals surface area (Å²) in [5.74, 6) is 0. The van der Waals surface area contributed by atoms with Crippen LogP contribution in [0.2, 0.25) is 0 Å². The number of hydrogen-bond donors (Lipinski definition) is 1. The zero-order valence-electron chi connectivity index (χ0n) is 7.89. The zero-order chi connectivity index (χ0) is 8.44. The first-order valence-corrected chi connectivity index (χ1v) is 5.49. The van der Waals surface area contributed by atoms with E-state index in [1.807, 2.05) is 0 Å². The summed E-state index contributed by atoms with van der Waals surface area (Å²) >= 11 is 0. The fraction of sp³-hybridized carbons (Fsp3) is 1.00. The minimum atomic E-state index is 0.0249. The molecule has 2 rings (SSSR count). The summed E-state index contributed by atoms with van der Waals surface area (Å²) in [5, 5.41) is 9.63. The fourth-order valence-electron chi connectivity index (χ4n) is 3.17. The molecular formula is C11H20O. The average Bonchev–Trinajstić information content (AvgIpc) is 2.05. The van der Waals surface area contributed by atoms with Crippen molar-refractivity contribution in [1.29, 1.82) is 0 Å². The molecule has 2 aliphatic rings. The first-order chi connectivity index (χ1) is 5.81. The van der Waals surface area contributed by atoms with Crippen LogP contribution in [0.3, 0.4) is 0 Å².